The highest BCUT2D eigenvalue weighted by molar-refractivity contribution is 9.10. The molecule has 202 valence electrons. The molecule has 0 saturated carbocycles. The van der Waals surface area contributed by atoms with Gasteiger partial charge in [-0.3, -0.25) is 14.4 Å². The largest absolute Gasteiger partial charge is 0.480 e. The molecule has 0 radical (unpaired) electrons. The van der Waals surface area contributed by atoms with Crippen molar-refractivity contribution in [2.75, 3.05) is 5.32 Å². The summed E-state index contributed by atoms with van der Waals surface area (Å²) in [5, 5.41) is 6.43. The Hall–Kier alpha value is -3.23. The van der Waals surface area contributed by atoms with Crippen LogP contribution in [0.4, 0.5) is 10.1 Å². The number of rotatable bonds is 5. The van der Waals surface area contributed by atoms with E-state index in [-0.39, 0.29) is 24.0 Å². The number of hydrogen-bond acceptors (Lipinski definition) is 4. The van der Waals surface area contributed by atoms with Gasteiger partial charge in [0, 0.05) is 33.1 Å². The molecule has 9 heteroatoms. The van der Waals surface area contributed by atoms with Crippen LogP contribution in [0.5, 0.6) is 5.75 Å². The third-order valence-corrected chi connectivity index (χ3v) is 8.59. The summed E-state index contributed by atoms with van der Waals surface area (Å²) in [6, 6.07) is 13.9. The number of fused-ring (bicyclic) bond motifs is 2. The van der Waals surface area contributed by atoms with Gasteiger partial charge in [-0.05, 0) is 86.8 Å². The normalized spacial score (nSPS) is 22.3. The molecular formula is C30H27BrClFN2O4. The Kier molecular flexibility index (Phi) is 6.84. The molecule has 1 unspecified atom stereocenters. The quantitative estimate of drug-likeness (QED) is 0.343. The SMILES string of the molecule is CC(=O)C(C)(C)Oc1ccc(Br)cc1[C@H]1CC(=O)N[C@@H](c2cc(F)ccc2C)C12C(=O)Nc1cc(Cl)ccc12. The van der Waals surface area contributed by atoms with Gasteiger partial charge in [0.15, 0.2) is 11.4 Å². The Morgan fingerprint density at radius 2 is 1.85 bits per heavy atom. The van der Waals surface area contributed by atoms with E-state index in [9.17, 15) is 18.8 Å². The molecule has 1 fully saturated rings. The summed E-state index contributed by atoms with van der Waals surface area (Å²) in [6.45, 7) is 6.60. The number of carbonyl (C=O) groups excluding carboxylic acids is 3. The van der Waals surface area contributed by atoms with Crippen LogP contribution in [-0.2, 0) is 19.8 Å². The summed E-state index contributed by atoms with van der Waals surface area (Å²) in [5.41, 5.74) is 0.403. The summed E-state index contributed by atoms with van der Waals surface area (Å²) >= 11 is 9.82. The van der Waals surface area contributed by atoms with Crippen LogP contribution < -0.4 is 15.4 Å². The molecule has 2 aliphatic rings. The van der Waals surface area contributed by atoms with Crippen LogP contribution in [0.3, 0.4) is 0 Å². The Balaban J connectivity index is 1.82. The number of amides is 2. The van der Waals surface area contributed by atoms with Gasteiger partial charge < -0.3 is 15.4 Å². The number of piperidine rings is 1. The van der Waals surface area contributed by atoms with Crippen LogP contribution in [-0.4, -0.2) is 23.2 Å². The fourth-order valence-corrected chi connectivity index (χ4v) is 6.23. The number of Topliss-reactive ketones (excluding diaryl/α,β-unsaturated/α-hetero) is 1. The first-order chi connectivity index (χ1) is 18.3. The number of hydrogen-bond donors (Lipinski definition) is 2. The van der Waals surface area contributed by atoms with Gasteiger partial charge >= 0.3 is 0 Å². The van der Waals surface area contributed by atoms with Gasteiger partial charge in [-0.25, -0.2) is 4.39 Å². The lowest BCUT2D eigenvalue weighted by molar-refractivity contribution is -0.132. The third-order valence-electron chi connectivity index (χ3n) is 7.86. The van der Waals surface area contributed by atoms with E-state index < -0.39 is 28.8 Å². The Bertz CT molecular complexity index is 1540. The average Bonchev–Trinajstić information content (AvgIpc) is 3.14. The highest BCUT2D eigenvalue weighted by Gasteiger charge is 2.62. The molecule has 39 heavy (non-hydrogen) atoms. The molecule has 2 heterocycles. The summed E-state index contributed by atoms with van der Waals surface area (Å²) < 4.78 is 21.6. The first-order valence-electron chi connectivity index (χ1n) is 12.5. The van der Waals surface area contributed by atoms with Crippen molar-refractivity contribution in [1.82, 2.24) is 5.32 Å². The molecule has 3 atom stereocenters. The monoisotopic (exact) mass is 612 g/mol. The Morgan fingerprint density at radius 3 is 2.56 bits per heavy atom. The van der Waals surface area contributed by atoms with Crippen molar-refractivity contribution in [2.24, 2.45) is 0 Å². The van der Waals surface area contributed by atoms with Crippen molar-refractivity contribution in [3.8, 4) is 5.75 Å². The molecule has 2 amide bonds. The topological polar surface area (TPSA) is 84.5 Å². The van der Waals surface area contributed by atoms with E-state index in [0.29, 0.717) is 37.6 Å². The minimum atomic E-state index is -1.38. The van der Waals surface area contributed by atoms with E-state index in [1.807, 2.05) is 13.0 Å². The number of carbonyl (C=O) groups is 3. The van der Waals surface area contributed by atoms with Gasteiger partial charge in [-0.1, -0.05) is 39.7 Å². The highest BCUT2D eigenvalue weighted by atomic mass is 79.9. The summed E-state index contributed by atoms with van der Waals surface area (Å²) in [4.78, 5) is 40.0. The van der Waals surface area contributed by atoms with E-state index in [4.69, 9.17) is 16.3 Å². The molecule has 2 N–H and O–H groups in total. The number of benzene rings is 3. The predicted octanol–water partition coefficient (Wildman–Crippen LogP) is 6.53. The summed E-state index contributed by atoms with van der Waals surface area (Å²) in [7, 11) is 0. The molecule has 1 saturated heterocycles. The maximum atomic E-state index is 14.6. The van der Waals surface area contributed by atoms with Crippen molar-refractivity contribution < 1.29 is 23.5 Å². The highest BCUT2D eigenvalue weighted by Crippen LogP contribution is 2.59. The fraction of sp³-hybridized carbons (Fsp3) is 0.300. The Labute approximate surface area is 239 Å². The van der Waals surface area contributed by atoms with Crippen LogP contribution in [0.15, 0.2) is 59.1 Å². The number of aryl methyl sites for hydroxylation is 1. The third kappa shape index (κ3) is 4.53. The average molecular weight is 614 g/mol. The number of halogens is 3. The predicted molar refractivity (Wildman–Crippen MR) is 151 cm³/mol. The molecule has 5 rings (SSSR count). The molecular weight excluding hydrogens is 587 g/mol. The van der Waals surface area contributed by atoms with E-state index in [2.05, 4.69) is 26.6 Å². The van der Waals surface area contributed by atoms with Crippen molar-refractivity contribution in [3.05, 3.63) is 92.2 Å². The van der Waals surface area contributed by atoms with E-state index in [0.717, 1.165) is 5.56 Å². The second kappa shape index (κ2) is 9.75. The minimum Gasteiger partial charge on any atom is -0.480 e. The zero-order chi connectivity index (χ0) is 28.3. The van der Waals surface area contributed by atoms with Crippen molar-refractivity contribution in [1.29, 1.82) is 0 Å². The Morgan fingerprint density at radius 1 is 1.10 bits per heavy atom. The van der Waals surface area contributed by atoms with Crippen LogP contribution in [0, 0.1) is 12.7 Å². The van der Waals surface area contributed by atoms with Gasteiger partial charge in [0.1, 0.15) is 17.0 Å². The zero-order valence-electron chi connectivity index (χ0n) is 21.8. The minimum absolute atomic E-state index is 0.0480. The van der Waals surface area contributed by atoms with E-state index in [1.54, 1.807) is 50.2 Å². The molecule has 0 aromatic heterocycles. The number of ketones is 1. The lowest BCUT2D eigenvalue weighted by atomic mass is 9.59. The maximum Gasteiger partial charge on any atom is 0.238 e. The fourth-order valence-electron chi connectivity index (χ4n) is 5.67. The molecule has 1 spiro atoms. The molecule has 6 nitrogen and oxygen atoms in total. The van der Waals surface area contributed by atoms with Crippen LogP contribution in [0.1, 0.15) is 61.4 Å². The standard InChI is InChI=1S/C30H27BrClFN2O4/c1-15-5-8-19(33)13-20(15)27-30(22-9-7-18(32)12-24(22)34-28(30)38)23(14-26(37)35-27)21-11-17(31)6-10-25(21)39-29(3,4)16(2)36/h5-13,23,27H,14H2,1-4H3,(H,34,38)(H,35,37)/t23-,27+,30?/m1/s1. The summed E-state index contributed by atoms with van der Waals surface area (Å²) in [5.74, 6) is -1.67. The van der Waals surface area contributed by atoms with Gasteiger partial charge in [0.25, 0.3) is 0 Å². The number of anilines is 1. The van der Waals surface area contributed by atoms with Crippen LogP contribution >= 0.6 is 27.5 Å². The van der Waals surface area contributed by atoms with E-state index >= 15 is 0 Å². The maximum absolute atomic E-state index is 14.6. The second-order valence-corrected chi connectivity index (χ2v) is 12.0. The van der Waals surface area contributed by atoms with E-state index in [1.165, 1.54) is 19.1 Å². The van der Waals surface area contributed by atoms with Crippen molar-refractivity contribution in [3.63, 3.8) is 0 Å². The molecule has 0 bridgehead atoms. The van der Waals surface area contributed by atoms with Gasteiger partial charge in [-0.2, -0.15) is 0 Å². The van der Waals surface area contributed by atoms with Crippen molar-refractivity contribution in [2.45, 2.75) is 57.1 Å². The molecule has 0 aliphatic carbocycles. The smallest absolute Gasteiger partial charge is 0.238 e. The molecule has 3 aromatic rings. The van der Waals surface area contributed by atoms with Gasteiger partial charge in [-0.15, -0.1) is 0 Å². The molecule has 2 aliphatic heterocycles. The van der Waals surface area contributed by atoms with Crippen LogP contribution in [0.2, 0.25) is 5.02 Å². The van der Waals surface area contributed by atoms with Gasteiger partial charge in [0.05, 0.1) is 6.04 Å². The molecule has 3 aromatic carbocycles. The lowest BCUT2D eigenvalue weighted by Gasteiger charge is -2.47. The van der Waals surface area contributed by atoms with Crippen LogP contribution in [0.25, 0.3) is 0 Å². The first kappa shape index (κ1) is 27.3. The lowest BCUT2D eigenvalue weighted by Crippen LogP contribution is -2.57. The van der Waals surface area contributed by atoms with Crippen molar-refractivity contribution >= 4 is 50.8 Å². The number of nitrogens with one attached hydrogen (secondary N) is 2. The van der Waals surface area contributed by atoms with Gasteiger partial charge in [0.2, 0.25) is 11.8 Å². The first-order valence-corrected chi connectivity index (χ1v) is 13.7. The summed E-state index contributed by atoms with van der Waals surface area (Å²) in [6.07, 6.45) is -0.0480. The zero-order valence-corrected chi connectivity index (χ0v) is 24.2. The second-order valence-electron chi connectivity index (χ2n) is 10.6. The number of ether oxygens (including phenoxy) is 1.